The molecule has 0 saturated carbocycles. The number of halogens is 2. The van der Waals surface area contributed by atoms with Gasteiger partial charge >= 0.3 is 0 Å². The van der Waals surface area contributed by atoms with Crippen LogP contribution in [0, 0.1) is 0 Å². The van der Waals surface area contributed by atoms with Gasteiger partial charge in [0.25, 0.3) is 0 Å². The number of aliphatic imine (C=N–C) groups is 1. The van der Waals surface area contributed by atoms with Crippen molar-refractivity contribution in [3.05, 3.63) is 51.6 Å². The number of pyridine rings is 1. The summed E-state index contributed by atoms with van der Waals surface area (Å²) in [5, 5.41) is 7.06. The second-order valence-electron chi connectivity index (χ2n) is 4.88. The third-order valence-electron chi connectivity index (χ3n) is 3.10. The number of aromatic nitrogens is 1. The highest BCUT2D eigenvalue weighted by Crippen LogP contribution is 2.14. The topological polar surface area (TPSA) is 62.5 Å². The van der Waals surface area contributed by atoms with Crippen LogP contribution in [0.25, 0.3) is 0 Å². The van der Waals surface area contributed by atoms with Gasteiger partial charge < -0.3 is 15.1 Å². The molecular formula is C16H20BrClN4O. The Hall–Kier alpha value is -1.53. The minimum absolute atomic E-state index is 0.515. The van der Waals surface area contributed by atoms with Crippen molar-refractivity contribution in [2.75, 3.05) is 19.6 Å². The van der Waals surface area contributed by atoms with Crippen molar-refractivity contribution in [3.8, 4) is 0 Å². The van der Waals surface area contributed by atoms with E-state index in [4.69, 9.17) is 16.0 Å². The third-order valence-corrected chi connectivity index (χ3v) is 3.75. The van der Waals surface area contributed by atoms with Crippen LogP contribution >= 0.6 is 27.5 Å². The summed E-state index contributed by atoms with van der Waals surface area (Å²) in [5.74, 6) is 1.73. The zero-order chi connectivity index (χ0) is 16.5. The number of hydrogen-bond donors (Lipinski definition) is 2. The van der Waals surface area contributed by atoms with Gasteiger partial charge in [0.1, 0.15) is 10.9 Å². The molecule has 124 valence electrons. The fraction of sp³-hybridized carbons (Fsp3) is 0.375. The first-order valence-corrected chi connectivity index (χ1v) is 8.71. The molecule has 0 saturated heterocycles. The van der Waals surface area contributed by atoms with Crippen LogP contribution < -0.4 is 10.6 Å². The minimum Gasteiger partial charge on any atom is -0.454 e. The monoisotopic (exact) mass is 398 g/mol. The van der Waals surface area contributed by atoms with Gasteiger partial charge in [-0.05, 0) is 53.0 Å². The fourth-order valence-electron chi connectivity index (χ4n) is 1.99. The predicted molar refractivity (Wildman–Crippen MR) is 97.0 cm³/mol. The number of nitrogens with zero attached hydrogens (tertiary/aromatic N) is 2. The third kappa shape index (κ3) is 6.62. The summed E-state index contributed by atoms with van der Waals surface area (Å²) in [5.41, 5.74) is 1.14. The smallest absolute Gasteiger partial charge is 0.191 e. The van der Waals surface area contributed by atoms with Gasteiger partial charge in [-0.3, -0.25) is 4.99 Å². The first kappa shape index (κ1) is 17.8. The Balaban J connectivity index is 1.77. The van der Waals surface area contributed by atoms with Crippen LogP contribution in [0.4, 0.5) is 0 Å². The summed E-state index contributed by atoms with van der Waals surface area (Å²) in [6.45, 7) is 4.31. The molecule has 0 spiro atoms. The minimum atomic E-state index is 0.515. The first-order chi connectivity index (χ1) is 11.2. The molecule has 0 bridgehead atoms. The lowest BCUT2D eigenvalue weighted by atomic mass is 10.2. The van der Waals surface area contributed by atoms with E-state index in [1.54, 1.807) is 12.3 Å². The largest absolute Gasteiger partial charge is 0.454 e. The fourth-order valence-corrected chi connectivity index (χ4v) is 2.44. The van der Waals surface area contributed by atoms with Crippen LogP contribution in [-0.4, -0.2) is 30.6 Å². The summed E-state index contributed by atoms with van der Waals surface area (Å²) < 4.78 is 6.21. The summed E-state index contributed by atoms with van der Waals surface area (Å²) >= 11 is 9.08. The van der Waals surface area contributed by atoms with E-state index >= 15 is 0 Å². The maximum Gasteiger partial charge on any atom is 0.191 e. The van der Waals surface area contributed by atoms with Crippen molar-refractivity contribution in [1.82, 2.24) is 15.6 Å². The molecule has 0 radical (unpaired) electrons. The molecule has 0 aromatic carbocycles. The molecule has 2 aromatic heterocycles. The van der Waals surface area contributed by atoms with E-state index in [1.807, 2.05) is 25.1 Å². The normalized spacial score (nSPS) is 11.5. The summed E-state index contributed by atoms with van der Waals surface area (Å²) in [6, 6.07) is 7.63. The summed E-state index contributed by atoms with van der Waals surface area (Å²) in [4.78, 5) is 8.62. The van der Waals surface area contributed by atoms with E-state index < -0.39 is 0 Å². The molecule has 2 heterocycles. The van der Waals surface area contributed by atoms with Crippen molar-refractivity contribution >= 4 is 33.5 Å². The number of nitrogens with one attached hydrogen (secondary N) is 2. The van der Waals surface area contributed by atoms with Crippen molar-refractivity contribution in [2.45, 2.75) is 19.8 Å². The molecule has 0 unspecified atom stereocenters. The molecule has 0 aliphatic heterocycles. The second-order valence-corrected chi connectivity index (χ2v) is 6.05. The van der Waals surface area contributed by atoms with Gasteiger partial charge in [0, 0.05) is 32.3 Å². The Morgan fingerprint density at radius 2 is 2.13 bits per heavy atom. The van der Waals surface area contributed by atoms with Gasteiger partial charge in [-0.2, -0.15) is 0 Å². The molecule has 7 heteroatoms. The molecule has 23 heavy (non-hydrogen) atoms. The van der Waals surface area contributed by atoms with E-state index in [0.717, 1.165) is 47.9 Å². The van der Waals surface area contributed by atoms with Gasteiger partial charge in [-0.15, -0.1) is 0 Å². The second kappa shape index (κ2) is 9.57. The van der Waals surface area contributed by atoms with Crippen LogP contribution in [0.3, 0.4) is 0 Å². The van der Waals surface area contributed by atoms with Crippen LogP contribution in [0.15, 0.2) is 44.5 Å². The molecule has 0 atom stereocenters. The average Bonchev–Trinajstić information content (AvgIpc) is 2.95. The molecule has 5 nitrogen and oxygen atoms in total. The van der Waals surface area contributed by atoms with Crippen LogP contribution in [-0.2, 0) is 12.8 Å². The SMILES string of the molecule is CCNC(=NCCc1ccc(Br)o1)NCCc1ccc(Cl)nc1. The molecule has 2 rings (SSSR count). The Morgan fingerprint density at radius 3 is 2.78 bits per heavy atom. The standard InChI is InChI=1S/C16H20BrClN4O/c1-2-19-16(21-10-8-13-4-5-14(17)23-13)20-9-7-12-3-6-15(18)22-11-12/h3-6,11H,2,7-10H2,1H3,(H2,19,20,21). The number of guanidine groups is 1. The number of furan rings is 1. The Morgan fingerprint density at radius 1 is 1.26 bits per heavy atom. The highest BCUT2D eigenvalue weighted by molar-refractivity contribution is 9.10. The maximum atomic E-state index is 5.78. The van der Waals surface area contributed by atoms with Gasteiger partial charge in [-0.1, -0.05) is 17.7 Å². The molecule has 0 amide bonds. The van der Waals surface area contributed by atoms with E-state index in [2.05, 4.69) is 36.5 Å². The molecule has 2 aromatic rings. The average molecular weight is 400 g/mol. The van der Waals surface area contributed by atoms with Crippen LogP contribution in [0.1, 0.15) is 18.2 Å². The lowest BCUT2D eigenvalue weighted by Crippen LogP contribution is -2.38. The zero-order valence-electron chi connectivity index (χ0n) is 13.0. The Labute approximate surface area is 149 Å². The maximum absolute atomic E-state index is 5.78. The van der Waals surface area contributed by atoms with Gasteiger partial charge in [-0.25, -0.2) is 4.98 Å². The first-order valence-electron chi connectivity index (χ1n) is 7.54. The van der Waals surface area contributed by atoms with Gasteiger partial charge in [0.05, 0.1) is 0 Å². The highest BCUT2D eigenvalue weighted by Gasteiger charge is 2.01. The van der Waals surface area contributed by atoms with E-state index in [1.165, 1.54) is 0 Å². The Bertz CT molecular complexity index is 627. The van der Waals surface area contributed by atoms with Crippen molar-refractivity contribution < 1.29 is 4.42 Å². The predicted octanol–water partition coefficient (Wildman–Crippen LogP) is 3.43. The van der Waals surface area contributed by atoms with Crippen molar-refractivity contribution in [3.63, 3.8) is 0 Å². The van der Waals surface area contributed by atoms with Crippen LogP contribution in [0.2, 0.25) is 5.15 Å². The summed E-state index contributed by atoms with van der Waals surface area (Å²) in [6.07, 6.45) is 3.42. The van der Waals surface area contributed by atoms with Crippen molar-refractivity contribution in [1.29, 1.82) is 0 Å². The Kier molecular flexibility index (Phi) is 7.42. The van der Waals surface area contributed by atoms with Crippen molar-refractivity contribution in [2.24, 2.45) is 4.99 Å². The molecular weight excluding hydrogens is 380 g/mol. The van der Waals surface area contributed by atoms with E-state index in [0.29, 0.717) is 11.7 Å². The lowest BCUT2D eigenvalue weighted by molar-refractivity contribution is 0.489. The van der Waals surface area contributed by atoms with Crippen LogP contribution in [0.5, 0.6) is 0 Å². The number of rotatable bonds is 7. The zero-order valence-corrected chi connectivity index (χ0v) is 15.3. The lowest BCUT2D eigenvalue weighted by Gasteiger charge is -2.11. The van der Waals surface area contributed by atoms with E-state index in [9.17, 15) is 0 Å². The molecule has 0 aliphatic rings. The summed E-state index contributed by atoms with van der Waals surface area (Å²) in [7, 11) is 0. The van der Waals surface area contributed by atoms with E-state index in [-0.39, 0.29) is 0 Å². The molecule has 2 N–H and O–H groups in total. The molecule has 0 fully saturated rings. The van der Waals surface area contributed by atoms with Gasteiger partial charge in [0.2, 0.25) is 0 Å². The van der Waals surface area contributed by atoms with Gasteiger partial charge in [0.15, 0.2) is 10.6 Å². The number of hydrogen-bond acceptors (Lipinski definition) is 3. The molecule has 0 aliphatic carbocycles. The quantitative estimate of drug-likeness (QED) is 0.425. The highest BCUT2D eigenvalue weighted by atomic mass is 79.9.